The molecule has 0 fully saturated rings. The highest BCUT2D eigenvalue weighted by molar-refractivity contribution is 7.99. The van der Waals surface area contributed by atoms with Crippen molar-refractivity contribution in [2.24, 2.45) is 5.73 Å². The van der Waals surface area contributed by atoms with Crippen LogP contribution in [-0.2, 0) is 6.42 Å². The molecule has 68 valence electrons. The van der Waals surface area contributed by atoms with Gasteiger partial charge < -0.3 is 5.73 Å². The van der Waals surface area contributed by atoms with Crippen molar-refractivity contribution < 1.29 is 0 Å². The van der Waals surface area contributed by atoms with Gasteiger partial charge in [0, 0.05) is 11.8 Å². The van der Waals surface area contributed by atoms with E-state index in [0.717, 1.165) is 5.75 Å². The first-order valence-electron chi connectivity index (χ1n) is 4.13. The highest BCUT2D eigenvalue weighted by Gasteiger charge is 1.96. The average Bonchev–Trinajstić information content (AvgIpc) is 2.49. The van der Waals surface area contributed by atoms with Gasteiger partial charge in [0.2, 0.25) is 0 Å². The van der Waals surface area contributed by atoms with E-state index in [4.69, 9.17) is 5.73 Å². The van der Waals surface area contributed by atoms with E-state index in [-0.39, 0.29) is 0 Å². The van der Waals surface area contributed by atoms with Gasteiger partial charge in [-0.25, -0.2) is 0 Å². The predicted molar refractivity (Wildman–Crippen MR) is 59.0 cm³/mol. The number of hydrogen-bond acceptors (Lipinski definition) is 3. The van der Waals surface area contributed by atoms with Crippen molar-refractivity contribution in [2.45, 2.75) is 19.4 Å². The van der Waals surface area contributed by atoms with Crippen LogP contribution in [0.2, 0.25) is 0 Å². The van der Waals surface area contributed by atoms with Crippen LogP contribution in [0.3, 0.4) is 0 Å². The van der Waals surface area contributed by atoms with Crippen LogP contribution in [0.5, 0.6) is 0 Å². The zero-order chi connectivity index (χ0) is 8.81. The Morgan fingerprint density at radius 1 is 1.67 bits per heavy atom. The van der Waals surface area contributed by atoms with E-state index in [1.165, 1.54) is 17.7 Å². The molecule has 0 spiro atoms. The molecule has 1 rings (SSSR count). The van der Waals surface area contributed by atoms with Gasteiger partial charge in [-0.2, -0.15) is 23.1 Å². The quantitative estimate of drug-likeness (QED) is 0.740. The Balaban J connectivity index is 2.04. The van der Waals surface area contributed by atoms with Gasteiger partial charge in [0.1, 0.15) is 0 Å². The summed E-state index contributed by atoms with van der Waals surface area (Å²) in [5.74, 6) is 2.27. The fourth-order valence-corrected chi connectivity index (χ4v) is 2.52. The van der Waals surface area contributed by atoms with Crippen LogP contribution in [0.25, 0.3) is 0 Å². The maximum atomic E-state index is 5.63. The molecule has 1 nitrogen and oxygen atoms in total. The molecule has 0 aliphatic heterocycles. The maximum Gasteiger partial charge on any atom is 0.0101 e. The van der Waals surface area contributed by atoms with Crippen LogP contribution in [0.15, 0.2) is 16.8 Å². The van der Waals surface area contributed by atoms with Gasteiger partial charge in [-0.05, 0) is 41.5 Å². The molecule has 12 heavy (non-hydrogen) atoms. The SMILES string of the molecule is CC(N)CSCCc1ccsc1. The summed E-state index contributed by atoms with van der Waals surface area (Å²) in [5, 5.41) is 4.35. The van der Waals surface area contributed by atoms with Crippen molar-refractivity contribution in [3.8, 4) is 0 Å². The summed E-state index contributed by atoms with van der Waals surface area (Å²) in [6.45, 7) is 2.05. The van der Waals surface area contributed by atoms with Crippen molar-refractivity contribution in [2.75, 3.05) is 11.5 Å². The number of thiophene rings is 1. The summed E-state index contributed by atoms with van der Waals surface area (Å²) in [5.41, 5.74) is 7.09. The molecule has 0 amide bonds. The van der Waals surface area contributed by atoms with E-state index in [1.807, 2.05) is 11.8 Å². The van der Waals surface area contributed by atoms with Crippen molar-refractivity contribution >= 4 is 23.1 Å². The lowest BCUT2D eigenvalue weighted by atomic mass is 10.3. The Kier molecular flexibility index (Phi) is 4.73. The third-order valence-corrected chi connectivity index (χ3v) is 3.48. The molecule has 2 N–H and O–H groups in total. The zero-order valence-electron chi connectivity index (χ0n) is 7.32. The van der Waals surface area contributed by atoms with Crippen LogP contribution in [0.4, 0.5) is 0 Å². The normalized spacial score (nSPS) is 13.2. The number of thioether (sulfide) groups is 1. The Hall–Kier alpha value is 0.01000. The first-order valence-corrected chi connectivity index (χ1v) is 6.23. The molecule has 0 saturated carbocycles. The second kappa shape index (κ2) is 5.62. The minimum absolute atomic E-state index is 0.331. The summed E-state index contributed by atoms with van der Waals surface area (Å²) < 4.78 is 0. The van der Waals surface area contributed by atoms with Gasteiger partial charge in [-0.1, -0.05) is 0 Å². The van der Waals surface area contributed by atoms with Crippen LogP contribution in [-0.4, -0.2) is 17.5 Å². The largest absolute Gasteiger partial charge is 0.327 e. The summed E-state index contributed by atoms with van der Waals surface area (Å²) in [6, 6.07) is 2.52. The number of hydrogen-bond donors (Lipinski definition) is 1. The molecule has 1 atom stereocenters. The highest BCUT2D eigenvalue weighted by Crippen LogP contribution is 2.10. The van der Waals surface area contributed by atoms with Crippen LogP contribution in [0, 0.1) is 0 Å². The topological polar surface area (TPSA) is 26.0 Å². The highest BCUT2D eigenvalue weighted by atomic mass is 32.2. The maximum absolute atomic E-state index is 5.63. The monoisotopic (exact) mass is 201 g/mol. The summed E-state index contributed by atoms with van der Waals surface area (Å²) in [6.07, 6.45) is 1.18. The van der Waals surface area contributed by atoms with E-state index >= 15 is 0 Å². The first-order chi connectivity index (χ1) is 5.79. The molecule has 0 radical (unpaired) electrons. The molecule has 0 aliphatic rings. The van der Waals surface area contributed by atoms with Gasteiger partial charge in [0.25, 0.3) is 0 Å². The second-order valence-corrected chi connectivity index (χ2v) is 4.86. The molecule has 0 saturated heterocycles. The smallest absolute Gasteiger partial charge is 0.0101 e. The Morgan fingerprint density at radius 2 is 2.50 bits per heavy atom. The van der Waals surface area contributed by atoms with Crippen molar-refractivity contribution in [1.29, 1.82) is 0 Å². The van der Waals surface area contributed by atoms with Gasteiger partial charge >= 0.3 is 0 Å². The van der Waals surface area contributed by atoms with E-state index in [9.17, 15) is 0 Å². The van der Waals surface area contributed by atoms with Crippen molar-refractivity contribution in [1.82, 2.24) is 0 Å². The van der Waals surface area contributed by atoms with E-state index in [0.29, 0.717) is 6.04 Å². The molecule has 1 unspecified atom stereocenters. The second-order valence-electron chi connectivity index (χ2n) is 2.93. The molecule has 1 heterocycles. The lowest BCUT2D eigenvalue weighted by Gasteiger charge is -2.03. The summed E-state index contributed by atoms with van der Waals surface area (Å²) >= 11 is 3.71. The summed E-state index contributed by atoms with van der Waals surface area (Å²) in [7, 11) is 0. The van der Waals surface area contributed by atoms with Gasteiger partial charge in [-0.15, -0.1) is 0 Å². The third-order valence-electron chi connectivity index (χ3n) is 1.50. The Bertz CT molecular complexity index is 194. The molecule has 3 heteroatoms. The Labute approximate surface area is 82.4 Å². The predicted octanol–water partition coefficient (Wildman–Crippen LogP) is 2.37. The van der Waals surface area contributed by atoms with Crippen molar-refractivity contribution in [3.05, 3.63) is 22.4 Å². The average molecular weight is 201 g/mol. The summed E-state index contributed by atoms with van der Waals surface area (Å²) in [4.78, 5) is 0. The van der Waals surface area contributed by atoms with Crippen LogP contribution < -0.4 is 5.73 Å². The van der Waals surface area contributed by atoms with Gasteiger partial charge in [0.05, 0.1) is 0 Å². The fourth-order valence-electron chi connectivity index (χ4n) is 0.894. The van der Waals surface area contributed by atoms with Crippen LogP contribution in [0.1, 0.15) is 12.5 Å². The first kappa shape index (κ1) is 10.1. The Morgan fingerprint density at radius 3 is 3.08 bits per heavy atom. The van der Waals surface area contributed by atoms with Gasteiger partial charge in [-0.3, -0.25) is 0 Å². The van der Waals surface area contributed by atoms with Gasteiger partial charge in [0.15, 0.2) is 0 Å². The molecular formula is C9H15NS2. The standard InChI is InChI=1S/C9H15NS2/c1-8(10)6-11-4-2-9-3-5-12-7-9/h3,5,7-8H,2,4,6,10H2,1H3. The van der Waals surface area contributed by atoms with E-state index < -0.39 is 0 Å². The number of aryl methyl sites for hydroxylation is 1. The minimum Gasteiger partial charge on any atom is -0.327 e. The number of nitrogens with two attached hydrogens (primary N) is 1. The molecule has 1 aromatic rings. The van der Waals surface area contributed by atoms with E-state index in [2.05, 4.69) is 23.8 Å². The minimum atomic E-state index is 0.331. The molecular weight excluding hydrogens is 186 g/mol. The van der Waals surface area contributed by atoms with Crippen LogP contribution >= 0.6 is 23.1 Å². The third kappa shape index (κ3) is 4.14. The molecule has 0 aromatic carbocycles. The lowest BCUT2D eigenvalue weighted by molar-refractivity contribution is 0.846. The molecule has 0 aliphatic carbocycles. The fraction of sp³-hybridized carbons (Fsp3) is 0.556. The molecule has 0 bridgehead atoms. The lowest BCUT2D eigenvalue weighted by Crippen LogP contribution is -2.17. The zero-order valence-corrected chi connectivity index (χ0v) is 8.96. The van der Waals surface area contributed by atoms with E-state index in [1.54, 1.807) is 11.3 Å². The number of rotatable bonds is 5. The molecule has 1 aromatic heterocycles. The van der Waals surface area contributed by atoms with Crippen molar-refractivity contribution in [3.63, 3.8) is 0 Å².